The van der Waals surface area contributed by atoms with Crippen molar-refractivity contribution in [2.24, 2.45) is 0 Å². The Balaban J connectivity index is 1.78. The largest absolute Gasteiger partial charge is 0.465 e. The number of benzene rings is 2. The van der Waals surface area contributed by atoms with Gasteiger partial charge in [-0.25, -0.2) is 9.18 Å². The lowest BCUT2D eigenvalue weighted by Gasteiger charge is -2.22. The minimum absolute atomic E-state index is 0.0417. The van der Waals surface area contributed by atoms with E-state index >= 15 is 0 Å². The van der Waals surface area contributed by atoms with Crippen molar-refractivity contribution in [1.29, 1.82) is 0 Å². The van der Waals surface area contributed by atoms with Crippen LogP contribution >= 0.6 is 0 Å². The molecule has 1 heterocycles. The molecule has 0 saturated heterocycles. The maximum atomic E-state index is 14.0. The molecular weight excluding hydrogens is 496 g/mol. The van der Waals surface area contributed by atoms with Crippen molar-refractivity contribution in [3.63, 3.8) is 0 Å². The summed E-state index contributed by atoms with van der Waals surface area (Å²) in [6.45, 7) is 1.89. The second-order valence-corrected chi connectivity index (χ2v) is 8.39. The number of aromatic nitrogens is 1. The van der Waals surface area contributed by atoms with Crippen molar-refractivity contribution in [1.82, 2.24) is 9.47 Å². The molecule has 0 fully saturated rings. The Hall–Kier alpha value is -3.93. The summed E-state index contributed by atoms with van der Waals surface area (Å²) < 4.78 is 58.5. The summed E-state index contributed by atoms with van der Waals surface area (Å²) in [5, 5.41) is 5.15. The highest BCUT2D eigenvalue weighted by Crippen LogP contribution is 2.30. The Morgan fingerprint density at radius 1 is 1.05 bits per heavy atom. The standard InChI is InChI=1S/C25H26F4N4O4/c1-4-37-23(35)21(32(2)3)11-12-22(34)33-14-19(18-13-16(26)7-10-20(18)33)31-24(36)30-17-8-5-15(6-9-17)25(27,28)29/h5-10,13-14,21H,4,11-12H2,1-3H3,(H2,30,31,36). The van der Waals surface area contributed by atoms with Gasteiger partial charge < -0.3 is 15.4 Å². The first kappa shape index (κ1) is 27.7. The van der Waals surface area contributed by atoms with Crippen LogP contribution < -0.4 is 10.6 Å². The molecule has 12 heteroatoms. The molecule has 0 aliphatic heterocycles. The van der Waals surface area contributed by atoms with Crippen LogP contribution in [0.3, 0.4) is 0 Å². The molecule has 2 N–H and O–H groups in total. The van der Waals surface area contributed by atoms with Gasteiger partial charge in [-0.1, -0.05) is 0 Å². The normalized spacial score (nSPS) is 12.4. The number of nitrogens with zero attached hydrogens (tertiary/aromatic N) is 2. The first-order valence-electron chi connectivity index (χ1n) is 11.3. The Bertz CT molecular complexity index is 1290. The summed E-state index contributed by atoms with van der Waals surface area (Å²) >= 11 is 0. The number of nitrogens with one attached hydrogen (secondary N) is 2. The van der Waals surface area contributed by atoms with Crippen molar-refractivity contribution in [3.05, 3.63) is 60.0 Å². The van der Waals surface area contributed by atoms with E-state index in [0.29, 0.717) is 5.52 Å². The number of ether oxygens (including phenoxy) is 1. The van der Waals surface area contributed by atoms with Crippen molar-refractivity contribution in [2.75, 3.05) is 31.3 Å². The van der Waals surface area contributed by atoms with E-state index in [1.165, 1.54) is 22.9 Å². The maximum Gasteiger partial charge on any atom is 0.416 e. The molecule has 1 unspecified atom stereocenters. The van der Waals surface area contributed by atoms with Crippen LogP contribution in [0.25, 0.3) is 10.9 Å². The predicted molar refractivity (Wildman–Crippen MR) is 130 cm³/mol. The van der Waals surface area contributed by atoms with E-state index in [0.717, 1.165) is 30.3 Å². The lowest BCUT2D eigenvalue weighted by Crippen LogP contribution is -2.37. The molecule has 3 aromatic rings. The molecule has 198 valence electrons. The quantitative estimate of drug-likeness (QED) is 0.307. The third-order valence-electron chi connectivity index (χ3n) is 5.57. The minimum Gasteiger partial charge on any atom is -0.465 e. The van der Waals surface area contributed by atoms with Gasteiger partial charge in [0.25, 0.3) is 0 Å². The number of hydrogen-bond donors (Lipinski definition) is 2. The Morgan fingerprint density at radius 2 is 1.73 bits per heavy atom. The molecule has 0 saturated carbocycles. The Labute approximate surface area is 210 Å². The number of urea groups is 1. The van der Waals surface area contributed by atoms with Crippen LogP contribution in [-0.2, 0) is 15.7 Å². The van der Waals surface area contributed by atoms with E-state index in [-0.39, 0.29) is 36.2 Å². The van der Waals surface area contributed by atoms with Crippen molar-refractivity contribution < 1.29 is 36.7 Å². The SMILES string of the molecule is CCOC(=O)C(CCC(=O)n1cc(NC(=O)Nc2ccc(C(F)(F)F)cc2)c2cc(F)ccc21)N(C)C. The smallest absolute Gasteiger partial charge is 0.416 e. The molecule has 1 atom stereocenters. The van der Waals surface area contributed by atoms with Crippen LogP contribution in [0.2, 0.25) is 0 Å². The van der Waals surface area contributed by atoms with Crippen molar-refractivity contribution in [3.8, 4) is 0 Å². The van der Waals surface area contributed by atoms with Gasteiger partial charge in [-0.2, -0.15) is 13.2 Å². The van der Waals surface area contributed by atoms with Gasteiger partial charge in [0.15, 0.2) is 0 Å². The number of carbonyl (C=O) groups is 3. The van der Waals surface area contributed by atoms with Crippen LogP contribution in [0, 0.1) is 5.82 Å². The van der Waals surface area contributed by atoms with Gasteiger partial charge in [-0.15, -0.1) is 0 Å². The molecule has 2 aromatic carbocycles. The van der Waals surface area contributed by atoms with E-state index < -0.39 is 41.5 Å². The number of fused-ring (bicyclic) bond motifs is 1. The molecular formula is C25H26F4N4O4. The van der Waals surface area contributed by atoms with E-state index in [2.05, 4.69) is 10.6 Å². The number of carbonyl (C=O) groups excluding carboxylic acids is 3. The van der Waals surface area contributed by atoms with Crippen LogP contribution in [0.1, 0.15) is 30.1 Å². The fourth-order valence-corrected chi connectivity index (χ4v) is 3.74. The van der Waals surface area contributed by atoms with E-state index in [9.17, 15) is 31.9 Å². The van der Waals surface area contributed by atoms with Gasteiger partial charge in [0.2, 0.25) is 5.91 Å². The number of halogens is 4. The van der Waals surface area contributed by atoms with Gasteiger partial charge >= 0.3 is 18.2 Å². The number of alkyl halides is 3. The number of esters is 1. The predicted octanol–water partition coefficient (Wildman–Crippen LogP) is 5.36. The molecule has 0 bridgehead atoms. The van der Waals surface area contributed by atoms with Crippen molar-refractivity contribution >= 4 is 40.2 Å². The molecule has 3 rings (SSSR count). The molecule has 2 amide bonds. The summed E-state index contributed by atoms with van der Waals surface area (Å²) in [6, 6.07) is 6.10. The minimum atomic E-state index is -4.51. The topological polar surface area (TPSA) is 92.7 Å². The molecule has 0 aliphatic carbocycles. The highest BCUT2D eigenvalue weighted by molar-refractivity contribution is 6.08. The van der Waals surface area contributed by atoms with Gasteiger partial charge in [-0.05, 0) is 69.9 Å². The number of amides is 2. The molecule has 0 radical (unpaired) electrons. The van der Waals surface area contributed by atoms with Gasteiger partial charge in [0.05, 0.1) is 23.4 Å². The lowest BCUT2D eigenvalue weighted by atomic mass is 10.1. The van der Waals surface area contributed by atoms with Gasteiger partial charge in [0.1, 0.15) is 11.9 Å². The molecule has 37 heavy (non-hydrogen) atoms. The van der Waals surface area contributed by atoms with E-state index in [1.54, 1.807) is 25.9 Å². The molecule has 1 aromatic heterocycles. The number of hydrogen-bond acceptors (Lipinski definition) is 5. The second kappa shape index (κ2) is 11.4. The van der Waals surface area contributed by atoms with Crippen LogP contribution in [0.5, 0.6) is 0 Å². The Kier molecular flexibility index (Phi) is 8.53. The number of rotatable bonds is 8. The van der Waals surface area contributed by atoms with Gasteiger partial charge in [0, 0.05) is 23.7 Å². The molecule has 0 spiro atoms. The fourth-order valence-electron chi connectivity index (χ4n) is 3.74. The first-order valence-corrected chi connectivity index (χ1v) is 11.3. The average Bonchev–Trinajstić information content (AvgIpc) is 3.16. The third-order valence-corrected chi connectivity index (χ3v) is 5.57. The summed E-state index contributed by atoms with van der Waals surface area (Å²) in [4.78, 5) is 39.4. The number of likely N-dealkylation sites (N-methyl/N-ethyl adjacent to an activating group) is 1. The summed E-state index contributed by atoms with van der Waals surface area (Å²) in [7, 11) is 3.38. The summed E-state index contributed by atoms with van der Waals surface area (Å²) in [5.74, 6) is -1.45. The summed E-state index contributed by atoms with van der Waals surface area (Å²) in [6.07, 6.45) is -3.06. The van der Waals surface area contributed by atoms with E-state index in [1.807, 2.05) is 0 Å². The lowest BCUT2D eigenvalue weighted by molar-refractivity contribution is -0.148. The highest BCUT2D eigenvalue weighted by atomic mass is 19.4. The van der Waals surface area contributed by atoms with Crippen molar-refractivity contribution in [2.45, 2.75) is 32.0 Å². The van der Waals surface area contributed by atoms with Crippen LogP contribution in [-0.4, -0.2) is 54.1 Å². The zero-order chi connectivity index (χ0) is 27.3. The zero-order valence-corrected chi connectivity index (χ0v) is 20.4. The third kappa shape index (κ3) is 6.85. The first-order chi connectivity index (χ1) is 17.4. The second-order valence-electron chi connectivity index (χ2n) is 8.39. The molecule has 0 aliphatic rings. The zero-order valence-electron chi connectivity index (χ0n) is 20.4. The van der Waals surface area contributed by atoms with Gasteiger partial charge in [-0.3, -0.25) is 19.1 Å². The summed E-state index contributed by atoms with van der Waals surface area (Å²) in [5.41, 5.74) is -0.323. The fraction of sp³-hybridized carbons (Fsp3) is 0.320. The van der Waals surface area contributed by atoms with Crippen LogP contribution in [0.15, 0.2) is 48.7 Å². The molecule has 8 nitrogen and oxygen atoms in total. The highest BCUT2D eigenvalue weighted by Gasteiger charge is 2.30. The Morgan fingerprint density at radius 3 is 2.32 bits per heavy atom. The van der Waals surface area contributed by atoms with E-state index in [4.69, 9.17) is 4.74 Å². The van der Waals surface area contributed by atoms with Crippen LogP contribution in [0.4, 0.5) is 33.7 Å². The average molecular weight is 522 g/mol. The maximum absolute atomic E-state index is 14.0. The number of anilines is 2. The monoisotopic (exact) mass is 522 g/mol.